The van der Waals surface area contributed by atoms with Gasteiger partial charge < -0.3 is 14.5 Å². The van der Waals surface area contributed by atoms with Gasteiger partial charge in [0.05, 0.1) is 25.1 Å². The molecule has 0 aromatic carbocycles. The van der Waals surface area contributed by atoms with Gasteiger partial charge in [-0.25, -0.2) is 4.68 Å². The number of ether oxygens (including phenoxy) is 1. The summed E-state index contributed by atoms with van der Waals surface area (Å²) >= 11 is 0. The number of hydrogen-bond acceptors (Lipinski definition) is 5. The van der Waals surface area contributed by atoms with Gasteiger partial charge in [0.25, 0.3) is 0 Å². The van der Waals surface area contributed by atoms with Gasteiger partial charge >= 0.3 is 0 Å². The van der Waals surface area contributed by atoms with Crippen LogP contribution >= 0.6 is 0 Å². The van der Waals surface area contributed by atoms with E-state index in [-0.39, 0.29) is 0 Å². The average molecular weight is 250 g/mol. The van der Waals surface area contributed by atoms with E-state index in [2.05, 4.69) is 22.6 Å². The molecule has 1 N–H and O–H groups in total. The molecule has 0 spiro atoms. The zero-order valence-corrected chi connectivity index (χ0v) is 10.5. The third-order valence-corrected chi connectivity index (χ3v) is 2.43. The molecule has 2 aromatic heterocycles. The highest BCUT2D eigenvalue weighted by molar-refractivity contribution is 4.96. The molecule has 0 atom stereocenters. The predicted octanol–water partition coefficient (Wildman–Crippen LogP) is 1.20. The Balaban J connectivity index is 1.65. The lowest BCUT2D eigenvalue weighted by Crippen LogP contribution is -2.11. The van der Waals surface area contributed by atoms with Crippen molar-refractivity contribution in [3.63, 3.8) is 0 Å². The molecule has 2 aromatic rings. The van der Waals surface area contributed by atoms with Crippen LogP contribution in [0.15, 0.2) is 29.0 Å². The fourth-order valence-electron chi connectivity index (χ4n) is 1.51. The van der Waals surface area contributed by atoms with E-state index in [1.807, 2.05) is 18.3 Å². The lowest BCUT2D eigenvalue weighted by molar-refractivity contribution is 0.0967. The molecule has 0 aliphatic rings. The lowest BCUT2D eigenvalue weighted by atomic mass is 10.4. The van der Waals surface area contributed by atoms with Gasteiger partial charge in [-0.2, -0.15) is 0 Å². The zero-order chi connectivity index (χ0) is 12.6. The molecular formula is C12H18N4O2. The van der Waals surface area contributed by atoms with Crippen molar-refractivity contribution in [3.8, 4) is 0 Å². The summed E-state index contributed by atoms with van der Waals surface area (Å²) in [6.07, 6.45) is 3.57. The van der Waals surface area contributed by atoms with Crippen LogP contribution in [0.5, 0.6) is 0 Å². The molecule has 0 unspecified atom stereocenters. The van der Waals surface area contributed by atoms with E-state index >= 15 is 0 Å². The first-order chi connectivity index (χ1) is 8.88. The van der Waals surface area contributed by atoms with Crippen LogP contribution in [0, 0.1) is 0 Å². The summed E-state index contributed by atoms with van der Waals surface area (Å²) in [6.45, 7) is 5.52. The van der Waals surface area contributed by atoms with Crippen molar-refractivity contribution in [2.75, 3.05) is 13.2 Å². The molecule has 0 fully saturated rings. The molecule has 0 radical (unpaired) electrons. The highest BCUT2D eigenvalue weighted by Crippen LogP contribution is 2.01. The molecular weight excluding hydrogens is 232 g/mol. The molecule has 0 saturated carbocycles. The van der Waals surface area contributed by atoms with E-state index in [1.54, 1.807) is 10.9 Å². The fourth-order valence-corrected chi connectivity index (χ4v) is 1.51. The maximum Gasteiger partial charge on any atom is 0.129 e. The molecule has 2 heterocycles. The highest BCUT2D eigenvalue weighted by atomic mass is 16.5. The molecule has 98 valence electrons. The van der Waals surface area contributed by atoms with Crippen molar-refractivity contribution in [1.29, 1.82) is 0 Å². The normalized spacial score (nSPS) is 10.9. The molecule has 0 aliphatic carbocycles. The largest absolute Gasteiger partial charge is 0.467 e. The van der Waals surface area contributed by atoms with Crippen LogP contribution in [-0.2, 0) is 24.4 Å². The van der Waals surface area contributed by atoms with Crippen LogP contribution < -0.4 is 5.32 Å². The van der Waals surface area contributed by atoms with Gasteiger partial charge in [0.1, 0.15) is 12.4 Å². The summed E-state index contributed by atoms with van der Waals surface area (Å²) in [7, 11) is 0. The number of nitrogens with one attached hydrogen (secondary N) is 1. The van der Waals surface area contributed by atoms with Gasteiger partial charge in [-0.15, -0.1) is 5.10 Å². The Bertz CT molecular complexity index is 439. The second kappa shape index (κ2) is 6.93. The van der Waals surface area contributed by atoms with E-state index in [9.17, 15) is 0 Å². The van der Waals surface area contributed by atoms with Gasteiger partial charge in [0, 0.05) is 12.7 Å². The summed E-state index contributed by atoms with van der Waals surface area (Å²) in [5.74, 6) is 0.835. The topological polar surface area (TPSA) is 65.1 Å². The summed E-state index contributed by atoms with van der Waals surface area (Å²) < 4.78 is 12.4. The quantitative estimate of drug-likeness (QED) is 0.713. The van der Waals surface area contributed by atoms with Crippen molar-refractivity contribution in [1.82, 2.24) is 20.3 Å². The second-order valence-electron chi connectivity index (χ2n) is 3.89. The number of nitrogens with zero attached hydrogens (tertiary/aromatic N) is 3. The second-order valence-corrected chi connectivity index (χ2v) is 3.89. The Morgan fingerprint density at radius 3 is 3.22 bits per heavy atom. The number of furan rings is 1. The maximum absolute atomic E-state index is 5.47. The van der Waals surface area contributed by atoms with Gasteiger partial charge in [-0.05, 0) is 18.7 Å². The highest BCUT2D eigenvalue weighted by Gasteiger charge is 2.00. The first-order valence-corrected chi connectivity index (χ1v) is 6.08. The molecule has 6 heteroatoms. The standard InChI is InChI=1S/C12H18N4O2/c1-2-13-8-11-9-16(15-14-11)5-7-17-10-12-4-3-6-18-12/h3-4,6,9,13H,2,5,7-8,10H2,1H3. The number of aromatic nitrogens is 3. The van der Waals surface area contributed by atoms with E-state index in [4.69, 9.17) is 9.15 Å². The van der Waals surface area contributed by atoms with Gasteiger partial charge in [0.15, 0.2) is 0 Å². The van der Waals surface area contributed by atoms with Crippen molar-refractivity contribution in [2.45, 2.75) is 26.6 Å². The minimum Gasteiger partial charge on any atom is -0.467 e. The third-order valence-electron chi connectivity index (χ3n) is 2.43. The lowest BCUT2D eigenvalue weighted by Gasteiger charge is -2.01. The molecule has 0 saturated heterocycles. The Morgan fingerprint density at radius 2 is 2.44 bits per heavy atom. The Labute approximate surface area is 106 Å². The van der Waals surface area contributed by atoms with Crippen LogP contribution in [0.25, 0.3) is 0 Å². The summed E-state index contributed by atoms with van der Waals surface area (Å²) in [5, 5.41) is 11.3. The smallest absolute Gasteiger partial charge is 0.129 e. The molecule has 0 bridgehead atoms. The molecule has 6 nitrogen and oxygen atoms in total. The maximum atomic E-state index is 5.47. The van der Waals surface area contributed by atoms with Crippen molar-refractivity contribution >= 4 is 0 Å². The van der Waals surface area contributed by atoms with E-state index in [0.717, 1.165) is 24.5 Å². The van der Waals surface area contributed by atoms with E-state index < -0.39 is 0 Å². The van der Waals surface area contributed by atoms with Crippen LogP contribution in [-0.4, -0.2) is 28.1 Å². The first-order valence-electron chi connectivity index (χ1n) is 6.08. The monoisotopic (exact) mass is 250 g/mol. The third kappa shape index (κ3) is 3.97. The average Bonchev–Trinajstić information content (AvgIpc) is 3.04. The fraction of sp³-hybridized carbons (Fsp3) is 0.500. The molecule has 2 rings (SSSR count). The van der Waals surface area contributed by atoms with Crippen molar-refractivity contribution in [2.24, 2.45) is 0 Å². The van der Waals surface area contributed by atoms with Crippen LogP contribution in [0.2, 0.25) is 0 Å². The summed E-state index contributed by atoms with van der Waals surface area (Å²) in [6, 6.07) is 3.74. The minimum absolute atomic E-state index is 0.492. The zero-order valence-electron chi connectivity index (χ0n) is 10.5. The van der Waals surface area contributed by atoms with Gasteiger partial charge in [-0.1, -0.05) is 12.1 Å². The Morgan fingerprint density at radius 1 is 1.50 bits per heavy atom. The van der Waals surface area contributed by atoms with Crippen LogP contribution in [0.4, 0.5) is 0 Å². The summed E-state index contributed by atoms with van der Waals surface area (Å²) in [5.41, 5.74) is 0.947. The first kappa shape index (κ1) is 12.8. The van der Waals surface area contributed by atoms with Gasteiger partial charge in [-0.3, -0.25) is 0 Å². The molecule has 0 amide bonds. The minimum atomic E-state index is 0.492. The Kier molecular flexibility index (Phi) is 4.92. The van der Waals surface area contributed by atoms with E-state index in [0.29, 0.717) is 19.8 Å². The van der Waals surface area contributed by atoms with Crippen LogP contribution in [0.1, 0.15) is 18.4 Å². The van der Waals surface area contributed by atoms with Crippen molar-refractivity contribution < 1.29 is 9.15 Å². The molecule has 0 aliphatic heterocycles. The Hall–Kier alpha value is -1.66. The van der Waals surface area contributed by atoms with Gasteiger partial charge in [0.2, 0.25) is 0 Å². The number of rotatable bonds is 8. The van der Waals surface area contributed by atoms with Crippen LogP contribution in [0.3, 0.4) is 0 Å². The SMILES string of the molecule is CCNCc1cn(CCOCc2ccco2)nn1. The predicted molar refractivity (Wildman–Crippen MR) is 65.8 cm³/mol. The van der Waals surface area contributed by atoms with Crippen molar-refractivity contribution in [3.05, 3.63) is 36.0 Å². The van der Waals surface area contributed by atoms with E-state index in [1.165, 1.54) is 0 Å². The summed E-state index contributed by atoms with van der Waals surface area (Å²) in [4.78, 5) is 0. The number of hydrogen-bond donors (Lipinski definition) is 1. The molecule has 18 heavy (non-hydrogen) atoms.